The molecule has 0 aromatic heterocycles. The zero-order chi connectivity index (χ0) is 19.4. The topological polar surface area (TPSA) is 49.4 Å². The highest BCUT2D eigenvalue weighted by molar-refractivity contribution is 8.00. The van der Waals surface area contributed by atoms with Gasteiger partial charge in [-0.3, -0.25) is 9.59 Å². The van der Waals surface area contributed by atoms with Crippen molar-refractivity contribution in [2.75, 3.05) is 12.3 Å². The number of rotatable bonds is 5. The number of hydrogen-bond donors (Lipinski definition) is 1. The fourth-order valence-electron chi connectivity index (χ4n) is 3.97. The van der Waals surface area contributed by atoms with Crippen molar-refractivity contribution in [2.45, 2.75) is 57.4 Å². The molecule has 1 saturated carbocycles. The van der Waals surface area contributed by atoms with E-state index in [1.54, 1.807) is 23.9 Å². The number of benzene rings is 1. The summed E-state index contributed by atoms with van der Waals surface area (Å²) in [5.74, 6) is 1.32. The van der Waals surface area contributed by atoms with Gasteiger partial charge in [0.2, 0.25) is 5.91 Å². The van der Waals surface area contributed by atoms with E-state index in [-0.39, 0.29) is 17.2 Å². The van der Waals surface area contributed by atoms with Crippen LogP contribution < -0.4 is 5.32 Å². The number of amides is 2. The van der Waals surface area contributed by atoms with Crippen LogP contribution in [-0.4, -0.2) is 40.4 Å². The Morgan fingerprint density at radius 3 is 2.59 bits per heavy atom. The van der Waals surface area contributed by atoms with Crippen LogP contribution in [0, 0.1) is 11.8 Å². The normalized spacial score (nSPS) is 23.6. The lowest BCUT2D eigenvalue weighted by Gasteiger charge is -2.35. The van der Waals surface area contributed by atoms with Gasteiger partial charge >= 0.3 is 0 Å². The molecular weight excluding hydrogens is 380 g/mol. The SMILES string of the molecule is CC(C)CNC(=O)[C@@H]1CS[C@H](C2CCCCC2)N1C(=O)c1ccccc1Cl. The maximum Gasteiger partial charge on any atom is 0.256 e. The van der Waals surface area contributed by atoms with E-state index < -0.39 is 6.04 Å². The highest BCUT2D eigenvalue weighted by atomic mass is 35.5. The van der Waals surface area contributed by atoms with Gasteiger partial charge in [0, 0.05) is 12.3 Å². The Labute approximate surface area is 171 Å². The predicted molar refractivity (Wildman–Crippen MR) is 112 cm³/mol. The van der Waals surface area contributed by atoms with Gasteiger partial charge in [-0.25, -0.2) is 0 Å². The lowest BCUT2D eigenvalue weighted by Crippen LogP contribution is -2.52. The monoisotopic (exact) mass is 408 g/mol. The highest BCUT2D eigenvalue weighted by Crippen LogP contribution is 2.41. The molecule has 2 atom stereocenters. The third kappa shape index (κ3) is 4.80. The van der Waals surface area contributed by atoms with E-state index in [1.165, 1.54) is 19.3 Å². The molecule has 1 aliphatic heterocycles. The van der Waals surface area contributed by atoms with Crippen molar-refractivity contribution in [1.82, 2.24) is 10.2 Å². The Balaban J connectivity index is 1.85. The molecule has 1 heterocycles. The van der Waals surface area contributed by atoms with Crippen LogP contribution in [0.5, 0.6) is 0 Å². The van der Waals surface area contributed by atoms with Crippen LogP contribution >= 0.6 is 23.4 Å². The first-order chi connectivity index (χ1) is 13.0. The Morgan fingerprint density at radius 1 is 1.22 bits per heavy atom. The van der Waals surface area contributed by atoms with Gasteiger partial charge in [0.15, 0.2) is 0 Å². The van der Waals surface area contributed by atoms with E-state index in [2.05, 4.69) is 19.2 Å². The van der Waals surface area contributed by atoms with Gasteiger partial charge in [0.05, 0.1) is 16.0 Å². The van der Waals surface area contributed by atoms with E-state index in [1.807, 2.05) is 17.0 Å². The van der Waals surface area contributed by atoms with Gasteiger partial charge < -0.3 is 10.2 Å². The van der Waals surface area contributed by atoms with Gasteiger partial charge in [-0.15, -0.1) is 11.8 Å². The molecule has 0 spiro atoms. The first-order valence-corrected chi connectivity index (χ1v) is 11.4. The quantitative estimate of drug-likeness (QED) is 0.775. The van der Waals surface area contributed by atoms with Crippen molar-refractivity contribution in [3.8, 4) is 0 Å². The van der Waals surface area contributed by atoms with Crippen molar-refractivity contribution in [3.63, 3.8) is 0 Å². The van der Waals surface area contributed by atoms with Crippen LogP contribution in [0.4, 0.5) is 0 Å². The van der Waals surface area contributed by atoms with E-state index in [4.69, 9.17) is 11.6 Å². The summed E-state index contributed by atoms with van der Waals surface area (Å²) in [7, 11) is 0. The average Bonchev–Trinajstić information content (AvgIpc) is 3.12. The molecule has 0 radical (unpaired) electrons. The number of halogens is 1. The second-order valence-corrected chi connectivity index (χ2v) is 9.53. The summed E-state index contributed by atoms with van der Waals surface area (Å²) in [4.78, 5) is 28.1. The maximum absolute atomic E-state index is 13.4. The smallest absolute Gasteiger partial charge is 0.256 e. The van der Waals surface area contributed by atoms with E-state index in [9.17, 15) is 9.59 Å². The molecule has 6 heteroatoms. The molecule has 3 rings (SSSR count). The molecular formula is C21H29ClN2O2S. The second kappa shape index (κ2) is 9.33. The van der Waals surface area contributed by atoms with Gasteiger partial charge in [0.25, 0.3) is 5.91 Å². The second-order valence-electron chi connectivity index (χ2n) is 7.97. The summed E-state index contributed by atoms with van der Waals surface area (Å²) in [6.07, 6.45) is 5.94. The lowest BCUT2D eigenvalue weighted by molar-refractivity contribution is -0.125. The van der Waals surface area contributed by atoms with Gasteiger partial charge in [-0.1, -0.05) is 56.8 Å². The summed E-state index contributed by atoms with van der Waals surface area (Å²) in [6.45, 7) is 4.77. The minimum Gasteiger partial charge on any atom is -0.354 e. The Morgan fingerprint density at radius 2 is 1.93 bits per heavy atom. The van der Waals surface area contributed by atoms with Gasteiger partial charge in [-0.05, 0) is 36.8 Å². The number of nitrogens with one attached hydrogen (secondary N) is 1. The molecule has 0 unspecified atom stereocenters. The Bertz CT molecular complexity index is 676. The molecule has 2 fully saturated rings. The van der Waals surface area contributed by atoms with Crippen molar-refractivity contribution in [1.29, 1.82) is 0 Å². The van der Waals surface area contributed by atoms with Crippen LogP contribution in [0.1, 0.15) is 56.3 Å². The minimum atomic E-state index is -0.426. The summed E-state index contributed by atoms with van der Waals surface area (Å²) >= 11 is 8.06. The first-order valence-electron chi connectivity index (χ1n) is 9.95. The zero-order valence-electron chi connectivity index (χ0n) is 16.1. The van der Waals surface area contributed by atoms with Crippen molar-refractivity contribution in [3.05, 3.63) is 34.9 Å². The van der Waals surface area contributed by atoms with Crippen molar-refractivity contribution < 1.29 is 9.59 Å². The van der Waals surface area contributed by atoms with Crippen LogP contribution in [0.25, 0.3) is 0 Å². The van der Waals surface area contributed by atoms with Crippen LogP contribution in [0.3, 0.4) is 0 Å². The average molecular weight is 409 g/mol. The summed E-state index contributed by atoms with van der Waals surface area (Å²) in [6, 6.07) is 6.72. The molecule has 1 aromatic carbocycles. The fourth-order valence-corrected chi connectivity index (χ4v) is 5.82. The fraction of sp³-hybridized carbons (Fsp3) is 0.619. The van der Waals surface area contributed by atoms with Crippen LogP contribution in [0.15, 0.2) is 24.3 Å². The van der Waals surface area contributed by atoms with Crippen LogP contribution in [-0.2, 0) is 4.79 Å². The molecule has 148 valence electrons. The van der Waals surface area contributed by atoms with Crippen molar-refractivity contribution >= 4 is 35.2 Å². The van der Waals surface area contributed by atoms with Gasteiger partial charge in [0.1, 0.15) is 6.04 Å². The molecule has 0 bridgehead atoms. The number of carbonyl (C=O) groups excluding carboxylic acids is 2. The molecule has 4 nitrogen and oxygen atoms in total. The van der Waals surface area contributed by atoms with Crippen LogP contribution in [0.2, 0.25) is 5.02 Å². The predicted octanol–water partition coefficient (Wildman–Crippen LogP) is 4.58. The molecule has 2 amide bonds. The first kappa shape index (κ1) is 20.5. The third-order valence-electron chi connectivity index (χ3n) is 5.41. The minimum absolute atomic E-state index is 0.0464. The largest absolute Gasteiger partial charge is 0.354 e. The molecule has 1 saturated heterocycles. The zero-order valence-corrected chi connectivity index (χ0v) is 17.7. The molecule has 1 N–H and O–H groups in total. The number of thioether (sulfide) groups is 1. The Kier molecular flexibility index (Phi) is 7.10. The third-order valence-corrected chi connectivity index (χ3v) is 7.21. The summed E-state index contributed by atoms with van der Waals surface area (Å²) in [5.41, 5.74) is 0.490. The van der Waals surface area contributed by atoms with E-state index in [0.717, 1.165) is 12.8 Å². The van der Waals surface area contributed by atoms with E-state index in [0.29, 0.717) is 34.7 Å². The van der Waals surface area contributed by atoms with Gasteiger partial charge in [-0.2, -0.15) is 0 Å². The number of hydrogen-bond acceptors (Lipinski definition) is 3. The highest BCUT2D eigenvalue weighted by Gasteiger charge is 2.45. The summed E-state index contributed by atoms with van der Waals surface area (Å²) in [5, 5.41) is 3.53. The number of nitrogens with zero attached hydrogens (tertiary/aromatic N) is 1. The lowest BCUT2D eigenvalue weighted by atomic mass is 9.88. The van der Waals surface area contributed by atoms with E-state index >= 15 is 0 Å². The molecule has 1 aliphatic carbocycles. The molecule has 2 aliphatic rings. The Hall–Kier alpha value is -1.20. The number of carbonyl (C=O) groups is 2. The standard InChI is InChI=1S/C21H29ClN2O2S/c1-14(2)12-23-19(25)18-13-27-21(15-8-4-3-5-9-15)24(18)20(26)16-10-6-7-11-17(16)22/h6-7,10-11,14-15,18,21H,3-5,8-9,12-13H2,1-2H3,(H,23,25)/t18-,21+/m0/s1. The molecule has 1 aromatic rings. The summed E-state index contributed by atoms with van der Waals surface area (Å²) < 4.78 is 0. The van der Waals surface area contributed by atoms with Crippen molar-refractivity contribution in [2.24, 2.45) is 11.8 Å². The molecule has 27 heavy (non-hydrogen) atoms. The maximum atomic E-state index is 13.4.